The van der Waals surface area contributed by atoms with Gasteiger partial charge in [-0.1, -0.05) is 65.9 Å². The molecule has 0 aliphatic carbocycles. The molecule has 4 aromatic rings. The zero-order valence-corrected chi connectivity index (χ0v) is 21.2. The van der Waals surface area contributed by atoms with Crippen LogP contribution in [-0.2, 0) is 4.79 Å². The van der Waals surface area contributed by atoms with Crippen molar-refractivity contribution in [1.29, 1.82) is 0 Å². The number of methoxy groups -OCH3 is 1. The number of benzene rings is 3. The van der Waals surface area contributed by atoms with E-state index in [2.05, 4.69) is 20.7 Å². The van der Waals surface area contributed by atoms with Gasteiger partial charge in [0.2, 0.25) is 0 Å². The van der Waals surface area contributed by atoms with E-state index in [1.807, 2.05) is 103 Å². The number of carbonyl (C=O) groups excluding carboxylic acids is 1. The average molecular weight is 498 g/mol. The topological polar surface area (TPSA) is 81.4 Å². The summed E-state index contributed by atoms with van der Waals surface area (Å²) in [5.74, 6) is 1.36. The van der Waals surface area contributed by atoms with Crippen LogP contribution in [0.25, 0.3) is 23.2 Å². The Morgan fingerprint density at radius 2 is 1.75 bits per heavy atom. The van der Waals surface area contributed by atoms with E-state index in [4.69, 9.17) is 4.74 Å². The van der Waals surface area contributed by atoms with Crippen LogP contribution in [0.4, 0.5) is 0 Å². The van der Waals surface area contributed by atoms with Gasteiger partial charge in [-0.25, -0.2) is 5.43 Å². The van der Waals surface area contributed by atoms with Crippen LogP contribution in [0.3, 0.4) is 0 Å². The third-order valence-corrected chi connectivity index (χ3v) is 6.19. The molecule has 1 aromatic heterocycles. The highest BCUT2D eigenvalue weighted by Gasteiger charge is 2.17. The van der Waals surface area contributed by atoms with Gasteiger partial charge in [0.1, 0.15) is 5.75 Å². The molecular formula is C28H27N5O2S. The number of hydrogen-bond donors (Lipinski definition) is 1. The molecule has 0 aliphatic rings. The minimum Gasteiger partial charge on any atom is -0.497 e. The first-order valence-corrected chi connectivity index (χ1v) is 12.4. The molecule has 0 aliphatic heterocycles. The summed E-state index contributed by atoms with van der Waals surface area (Å²) in [4.78, 5) is 12.5. The van der Waals surface area contributed by atoms with E-state index in [9.17, 15) is 4.79 Å². The van der Waals surface area contributed by atoms with E-state index in [1.165, 1.54) is 11.8 Å². The Labute approximate surface area is 214 Å². The summed E-state index contributed by atoms with van der Waals surface area (Å²) in [5, 5.41) is 13.5. The number of thioether (sulfide) groups is 1. The van der Waals surface area contributed by atoms with Gasteiger partial charge in [-0.05, 0) is 61.4 Å². The molecule has 0 bridgehead atoms. The first kappa shape index (κ1) is 24.9. The van der Waals surface area contributed by atoms with Crippen LogP contribution in [0.15, 0.2) is 94.7 Å². The van der Waals surface area contributed by atoms with Crippen molar-refractivity contribution in [2.45, 2.75) is 19.0 Å². The molecular weight excluding hydrogens is 470 g/mol. The molecule has 1 N–H and O–H groups in total. The SMILES string of the molecule is COc1ccc(-c2nnc(SCC(=O)N/N=C/C(C)=C/c3ccccc3)n2-c2ccc(C)cc2)cc1. The summed E-state index contributed by atoms with van der Waals surface area (Å²) in [6.07, 6.45) is 3.63. The van der Waals surface area contributed by atoms with E-state index in [1.54, 1.807) is 13.3 Å². The summed E-state index contributed by atoms with van der Waals surface area (Å²) in [5.41, 5.74) is 7.55. The van der Waals surface area contributed by atoms with Crippen molar-refractivity contribution >= 4 is 30.0 Å². The predicted molar refractivity (Wildman–Crippen MR) is 146 cm³/mol. The molecule has 4 rings (SSSR count). The van der Waals surface area contributed by atoms with Crippen molar-refractivity contribution in [3.63, 3.8) is 0 Å². The van der Waals surface area contributed by atoms with E-state index in [0.717, 1.165) is 33.7 Å². The van der Waals surface area contributed by atoms with E-state index >= 15 is 0 Å². The van der Waals surface area contributed by atoms with Crippen LogP contribution in [0, 0.1) is 6.92 Å². The van der Waals surface area contributed by atoms with Gasteiger partial charge in [0.05, 0.1) is 19.1 Å². The highest BCUT2D eigenvalue weighted by molar-refractivity contribution is 7.99. The van der Waals surface area contributed by atoms with E-state index in [0.29, 0.717) is 11.0 Å². The highest BCUT2D eigenvalue weighted by atomic mass is 32.2. The fourth-order valence-corrected chi connectivity index (χ4v) is 4.18. The summed E-state index contributed by atoms with van der Waals surface area (Å²) in [6.45, 7) is 3.97. The zero-order chi connectivity index (χ0) is 25.3. The molecule has 0 saturated heterocycles. The first-order valence-electron chi connectivity index (χ1n) is 11.4. The van der Waals surface area contributed by atoms with Gasteiger partial charge in [0, 0.05) is 11.3 Å². The highest BCUT2D eigenvalue weighted by Crippen LogP contribution is 2.29. The Bertz CT molecular complexity index is 1360. The zero-order valence-electron chi connectivity index (χ0n) is 20.4. The lowest BCUT2D eigenvalue weighted by molar-refractivity contribution is -0.118. The molecule has 0 saturated carbocycles. The number of rotatable bonds is 9. The largest absolute Gasteiger partial charge is 0.497 e. The molecule has 0 spiro atoms. The smallest absolute Gasteiger partial charge is 0.250 e. The number of nitrogens with zero attached hydrogens (tertiary/aromatic N) is 4. The van der Waals surface area contributed by atoms with E-state index in [-0.39, 0.29) is 11.7 Å². The monoisotopic (exact) mass is 497 g/mol. The van der Waals surface area contributed by atoms with Gasteiger partial charge in [-0.15, -0.1) is 10.2 Å². The predicted octanol–water partition coefficient (Wildman–Crippen LogP) is 5.55. The lowest BCUT2D eigenvalue weighted by Crippen LogP contribution is -2.20. The summed E-state index contributed by atoms with van der Waals surface area (Å²) in [7, 11) is 1.63. The van der Waals surface area contributed by atoms with Crippen LogP contribution in [-0.4, -0.2) is 39.7 Å². The lowest BCUT2D eigenvalue weighted by atomic mass is 10.1. The van der Waals surface area contributed by atoms with Gasteiger partial charge in [0.25, 0.3) is 5.91 Å². The van der Waals surface area contributed by atoms with Crippen molar-refractivity contribution in [3.05, 3.63) is 95.6 Å². The Morgan fingerprint density at radius 3 is 2.44 bits per heavy atom. The Morgan fingerprint density at radius 1 is 1.03 bits per heavy atom. The maximum atomic E-state index is 12.5. The normalized spacial score (nSPS) is 11.6. The number of amides is 1. The van der Waals surface area contributed by atoms with Gasteiger partial charge in [-0.2, -0.15) is 5.10 Å². The summed E-state index contributed by atoms with van der Waals surface area (Å²) >= 11 is 1.30. The second-order valence-electron chi connectivity index (χ2n) is 8.09. The Balaban J connectivity index is 1.47. The number of hydrazone groups is 1. The number of carbonyl (C=O) groups is 1. The fraction of sp³-hybridized carbons (Fsp3) is 0.143. The maximum absolute atomic E-state index is 12.5. The number of aryl methyl sites for hydroxylation is 1. The van der Waals surface area contributed by atoms with Crippen LogP contribution in [0.1, 0.15) is 18.1 Å². The minimum atomic E-state index is -0.229. The van der Waals surface area contributed by atoms with Crippen molar-refractivity contribution in [2.24, 2.45) is 5.10 Å². The van der Waals surface area contributed by atoms with Crippen LogP contribution >= 0.6 is 11.8 Å². The van der Waals surface area contributed by atoms with E-state index < -0.39 is 0 Å². The maximum Gasteiger partial charge on any atom is 0.250 e. The second kappa shape index (κ2) is 12.0. The third kappa shape index (κ3) is 6.49. The number of nitrogens with one attached hydrogen (secondary N) is 1. The van der Waals surface area contributed by atoms with Crippen LogP contribution in [0.2, 0.25) is 0 Å². The molecule has 3 aromatic carbocycles. The van der Waals surface area contributed by atoms with Crippen LogP contribution in [0.5, 0.6) is 5.75 Å². The second-order valence-corrected chi connectivity index (χ2v) is 9.03. The van der Waals surface area contributed by atoms with Gasteiger partial charge in [0.15, 0.2) is 11.0 Å². The summed E-state index contributed by atoms with van der Waals surface area (Å²) < 4.78 is 7.23. The van der Waals surface area contributed by atoms with Crippen LogP contribution < -0.4 is 10.2 Å². The number of allylic oxidation sites excluding steroid dienone is 1. The first-order chi connectivity index (χ1) is 17.5. The molecule has 0 radical (unpaired) electrons. The van der Waals surface area contributed by atoms with Gasteiger partial charge in [-0.3, -0.25) is 9.36 Å². The fourth-order valence-electron chi connectivity index (χ4n) is 3.43. The molecule has 7 nitrogen and oxygen atoms in total. The molecule has 1 amide bonds. The van der Waals surface area contributed by atoms with Gasteiger partial charge < -0.3 is 4.74 Å². The molecule has 0 unspecified atom stereocenters. The number of hydrogen-bond acceptors (Lipinski definition) is 6. The molecule has 36 heavy (non-hydrogen) atoms. The Hall–Kier alpha value is -4.17. The number of ether oxygens (including phenoxy) is 1. The minimum absolute atomic E-state index is 0.144. The summed E-state index contributed by atoms with van der Waals surface area (Å²) in [6, 6.07) is 25.7. The van der Waals surface area contributed by atoms with Crippen molar-refractivity contribution in [1.82, 2.24) is 20.2 Å². The lowest BCUT2D eigenvalue weighted by Gasteiger charge is -2.11. The Kier molecular flexibility index (Phi) is 8.31. The average Bonchev–Trinajstić information content (AvgIpc) is 3.32. The molecule has 8 heteroatoms. The third-order valence-electron chi connectivity index (χ3n) is 5.26. The van der Waals surface area contributed by atoms with Crippen molar-refractivity contribution in [2.75, 3.05) is 12.9 Å². The van der Waals surface area contributed by atoms with Gasteiger partial charge >= 0.3 is 0 Å². The molecule has 0 atom stereocenters. The molecule has 182 valence electrons. The number of aromatic nitrogens is 3. The van der Waals surface area contributed by atoms with Crippen molar-refractivity contribution in [3.8, 4) is 22.8 Å². The standard InChI is InChI=1S/C28H27N5O2S/c1-20-9-13-24(14-10-20)33-27(23-11-15-25(35-3)16-12-23)31-32-28(33)36-19-26(34)30-29-18-21(2)17-22-7-5-4-6-8-22/h4-18H,19H2,1-3H3,(H,30,34)/b21-17+,29-18+. The molecule has 0 fully saturated rings. The van der Waals surface area contributed by atoms with Crippen molar-refractivity contribution < 1.29 is 9.53 Å². The molecule has 1 heterocycles. The quantitative estimate of drug-likeness (QED) is 0.186.